The number of nitrogens with zero attached hydrogens (tertiary/aromatic N) is 2. The molecule has 7 heteroatoms. The topological polar surface area (TPSA) is 76.4 Å². The fourth-order valence-corrected chi connectivity index (χ4v) is 3.39. The summed E-state index contributed by atoms with van der Waals surface area (Å²) in [5.41, 5.74) is 0.470. The number of aromatic nitrogens is 2. The molecule has 1 saturated heterocycles. The van der Waals surface area contributed by atoms with Crippen molar-refractivity contribution in [2.75, 3.05) is 19.7 Å². The Balaban J connectivity index is 1.96. The molecular formula is C18H24FN3O3. The zero-order valence-corrected chi connectivity index (χ0v) is 14.8. The molecule has 2 heterocycles. The lowest BCUT2D eigenvalue weighted by atomic mass is 9.92. The third-order valence-electron chi connectivity index (χ3n) is 4.67. The predicted molar refractivity (Wildman–Crippen MR) is 91.7 cm³/mol. The van der Waals surface area contributed by atoms with Crippen LogP contribution in [0.2, 0.25) is 0 Å². The Morgan fingerprint density at radius 3 is 3.00 bits per heavy atom. The van der Waals surface area contributed by atoms with Crippen LogP contribution in [-0.2, 0) is 9.53 Å². The molecule has 0 aliphatic carbocycles. The fraction of sp³-hybridized carbons (Fsp3) is 0.556. The van der Waals surface area contributed by atoms with E-state index in [2.05, 4.69) is 10.3 Å². The molecule has 1 aliphatic rings. The van der Waals surface area contributed by atoms with E-state index in [-0.39, 0.29) is 24.4 Å². The maximum absolute atomic E-state index is 13.5. The van der Waals surface area contributed by atoms with Gasteiger partial charge >= 0.3 is 5.97 Å². The van der Waals surface area contributed by atoms with Crippen LogP contribution in [0.15, 0.2) is 18.2 Å². The average Bonchev–Trinajstić information content (AvgIpc) is 2.89. The molecule has 3 rings (SSSR count). The van der Waals surface area contributed by atoms with Gasteiger partial charge in [-0.2, -0.15) is 0 Å². The molecule has 1 aliphatic heterocycles. The van der Waals surface area contributed by atoms with Gasteiger partial charge in [-0.15, -0.1) is 0 Å². The van der Waals surface area contributed by atoms with Crippen LogP contribution in [0, 0.1) is 18.7 Å². The zero-order chi connectivity index (χ0) is 18.2. The summed E-state index contributed by atoms with van der Waals surface area (Å²) in [6.45, 7) is 6.24. The molecule has 0 radical (unpaired) electrons. The number of aryl methyl sites for hydroxylation is 1. The summed E-state index contributed by atoms with van der Waals surface area (Å²) in [5, 5.41) is 12.6. The highest BCUT2D eigenvalue weighted by Gasteiger charge is 2.37. The van der Waals surface area contributed by atoms with Crippen molar-refractivity contribution in [3.05, 3.63) is 29.8 Å². The number of rotatable bonds is 4. The van der Waals surface area contributed by atoms with Gasteiger partial charge in [0.1, 0.15) is 17.2 Å². The van der Waals surface area contributed by atoms with Crippen LogP contribution in [0.25, 0.3) is 11.0 Å². The van der Waals surface area contributed by atoms with E-state index >= 15 is 0 Å². The number of fused-ring (bicyclic) bond motifs is 1. The van der Waals surface area contributed by atoms with Crippen LogP contribution in [0.5, 0.6) is 0 Å². The van der Waals surface area contributed by atoms with Gasteiger partial charge in [-0.05, 0) is 45.9 Å². The molecule has 0 bridgehead atoms. The average molecular weight is 349 g/mol. The van der Waals surface area contributed by atoms with Gasteiger partial charge in [0.25, 0.3) is 0 Å². The van der Waals surface area contributed by atoms with E-state index in [0.717, 1.165) is 24.3 Å². The Bertz CT molecular complexity index is 787. The maximum Gasteiger partial charge on any atom is 0.312 e. The Morgan fingerprint density at radius 1 is 1.52 bits per heavy atom. The smallest absolute Gasteiger partial charge is 0.312 e. The van der Waals surface area contributed by atoms with Crippen LogP contribution in [0.1, 0.15) is 32.1 Å². The summed E-state index contributed by atoms with van der Waals surface area (Å²) in [7, 11) is 0. The molecule has 1 aromatic heterocycles. The number of esters is 1. The summed E-state index contributed by atoms with van der Waals surface area (Å²) in [6.07, 6.45) is 0.739. The van der Waals surface area contributed by atoms with Gasteiger partial charge in [0.05, 0.1) is 29.6 Å². The number of carbonyl (C=O) groups excluding carboxylic acids is 1. The molecule has 2 aromatic rings. The lowest BCUT2D eigenvalue weighted by molar-refractivity contribution is -0.167. The number of nitrogens with one attached hydrogen (secondary N) is 1. The number of carbonyl (C=O) groups is 1. The van der Waals surface area contributed by atoms with Gasteiger partial charge < -0.3 is 19.7 Å². The number of aliphatic hydroxyl groups excluding tert-OH is 1. The van der Waals surface area contributed by atoms with Crippen LogP contribution in [0.3, 0.4) is 0 Å². The molecule has 1 aromatic carbocycles. The number of hydrogen-bond donors (Lipinski definition) is 2. The van der Waals surface area contributed by atoms with Crippen molar-refractivity contribution in [3.8, 4) is 0 Å². The molecule has 0 spiro atoms. The molecule has 25 heavy (non-hydrogen) atoms. The first-order chi connectivity index (χ1) is 11.8. The van der Waals surface area contributed by atoms with Crippen molar-refractivity contribution in [2.45, 2.75) is 38.8 Å². The minimum absolute atomic E-state index is 0.126. The van der Waals surface area contributed by atoms with E-state index in [1.165, 1.54) is 12.1 Å². The van der Waals surface area contributed by atoms with Crippen LogP contribution < -0.4 is 5.32 Å². The molecule has 2 N–H and O–H groups in total. The Hall–Kier alpha value is -1.99. The Kier molecular flexibility index (Phi) is 4.79. The third-order valence-corrected chi connectivity index (χ3v) is 4.67. The van der Waals surface area contributed by atoms with E-state index in [9.17, 15) is 14.3 Å². The normalized spacial score (nSPS) is 21.5. The van der Waals surface area contributed by atoms with Crippen molar-refractivity contribution in [3.63, 3.8) is 0 Å². The zero-order valence-electron chi connectivity index (χ0n) is 14.8. The molecule has 2 atom stereocenters. The summed E-state index contributed by atoms with van der Waals surface area (Å²) in [5.74, 6) is -0.338. The van der Waals surface area contributed by atoms with Crippen LogP contribution >= 0.6 is 0 Å². The Morgan fingerprint density at radius 2 is 2.28 bits per heavy atom. The molecule has 0 saturated carbocycles. The van der Waals surface area contributed by atoms with E-state index < -0.39 is 11.5 Å². The number of aliphatic hydroxyl groups is 1. The van der Waals surface area contributed by atoms with E-state index in [0.29, 0.717) is 12.1 Å². The lowest BCUT2D eigenvalue weighted by Crippen LogP contribution is -2.45. The first kappa shape index (κ1) is 17.8. The molecule has 1 fully saturated rings. The van der Waals surface area contributed by atoms with E-state index in [1.54, 1.807) is 19.9 Å². The largest absolute Gasteiger partial charge is 0.457 e. The quantitative estimate of drug-likeness (QED) is 0.825. The first-order valence-electron chi connectivity index (χ1n) is 8.51. The monoisotopic (exact) mass is 349 g/mol. The molecule has 136 valence electrons. The van der Waals surface area contributed by atoms with Crippen molar-refractivity contribution in [1.29, 1.82) is 0 Å². The van der Waals surface area contributed by atoms with Crippen LogP contribution in [0.4, 0.5) is 4.39 Å². The highest BCUT2D eigenvalue weighted by Crippen LogP contribution is 2.32. The highest BCUT2D eigenvalue weighted by molar-refractivity contribution is 5.78. The highest BCUT2D eigenvalue weighted by atomic mass is 19.1. The molecule has 2 unspecified atom stereocenters. The fourth-order valence-electron chi connectivity index (χ4n) is 3.39. The lowest BCUT2D eigenvalue weighted by Gasteiger charge is -2.34. The number of hydrogen-bond acceptors (Lipinski definition) is 5. The number of imidazole rings is 1. The first-order valence-corrected chi connectivity index (χ1v) is 8.51. The van der Waals surface area contributed by atoms with Gasteiger partial charge in [0.15, 0.2) is 0 Å². The number of benzene rings is 1. The summed E-state index contributed by atoms with van der Waals surface area (Å²) < 4.78 is 21.0. The Labute approximate surface area is 146 Å². The SMILES string of the molecule is Cc1nc2cc(F)ccc2n1C1CCNCC1C(=O)OC(C)(C)CO. The molecular weight excluding hydrogens is 325 g/mol. The summed E-state index contributed by atoms with van der Waals surface area (Å²) in [4.78, 5) is 17.2. The molecule has 0 amide bonds. The second-order valence-corrected chi connectivity index (χ2v) is 7.17. The third kappa shape index (κ3) is 3.52. The minimum Gasteiger partial charge on any atom is -0.457 e. The van der Waals surface area contributed by atoms with Crippen LogP contribution in [-0.4, -0.2) is 45.9 Å². The molecule has 6 nitrogen and oxygen atoms in total. The van der Waals surface area contributed by atoms with Gasteiger partial charge in [0.2, 0.25) is 0 Å². The maximum atomic E-state index is 13.5. The van der Waals surface area contributed by atoms with E-state index in [4.69, 9.17) is 4.74 Å². The number of ether oxygens (including phenoxy) is 1. The summed E-state index contributed by atoms with van der Waals surface area (Å²) in [6, 6.07) is 4.39. The van der Waals surface area contributed by atoms with E-state index in [1.807, 2.05) is 11.5 Å². The van der Waals surface area contributed by atoms with Gasteiger partial charge in [-0.1, -0.05) is 0 Å². The second kappa shape index (κ2) is 6.72. The van der Waals surface area contributed by atoms with Crippen molar-refractivity contribution in [2.24, 2.45) is 5.92 Å². The van der Waals surface area contributed by atoms with Gasteiger partial charge in [0, 0.05) is 12.6 Å². The standard InChI is InChI=1S/C18H24FN3O3/c1-11-21-14-8-12(19)4-5-16(14)22(11)15-6-7-20-9-13(15)17(24)25-18(2,3)10-23/h4-5,8,13,15,20,23H,6-7,9-10H2,1-3H3. The predicted octanol–water partition coefficient (Wildman–Crippen LogP) is 1.95. The van der Waals surface area contributed by atoms with Crippen molar-refractivity contribution in [1.82, 2.24) is 14.9 Å². The van der Waals surface area contributed by atoms with Gasteiger partial charge in [-0.3, -0.25) is 4.79 Å². The minimum atomic E-state index is -0.922. The summed E-state index contributed by atoms with van der Waals surface area (Å²) >= 11 is 0. The van der Waals surface area contributed by atoms with Crippen molar-refractivity contribution < 1.29 is 19.0 Å². The van der Waals surface area contributed by atoms with Gasteiger partial charge in [-0.25, -0.2) is 9.37 Å². The number of piperidine rings is 1. The number of halogens is 1. The van der Waals surface area contributed by atoms with Crippen molar-refractivity contribution >= 4 is 17.0 Å². The second-order valence-electron chi connectivity index (χ2n) is 7.17.